The molecule has 2 rings (SSSR count). The van der Waals surface area contributed by atoms with Crippen molar-refractivity contribution in [2.75, 3.05) is 13.1 Å². The van der Waals surface area contributed by atoms with Crippen LogP contribution >= 0.6 is 0 Å². The SMILES string of the molecule is C=C/C(=C\C=C(\C)CN(N)/C=C(\N)c1cnn(C)c1C)CNC(=O)c1cc(CNC(C)C)cc(C(C)(C)C)c1.CC. The summed E-state index contributed by atoms with van der Waals surface area (Å²) >= 11 is 0. The Labute approximate surface area is 248 Å². The molecule has 8 heteroatoms. The Balaban J connectivity index is 0.00000411. The van der Waals surface area contributed by atoms with Gasteiger partial charge in [-0.25, -0.2) is 5.84 Å². The van der Waals surface area contributed by atoms with Gasteiger partial charge in [0.15, 0.2) is 0 Å². The van der Waals surface area contributed by atoms with Crippen LogP contribution in [0.2, 0.25) is 0 Å². The van der Waals surface area contributed by atoms with E-state index in [1.807, 2.05) is 59.0 Å². The first-order valence-electron chi connectivity index (χ1n) is 14.3. The van der Waals surface area contributed by atoms with Crippen molar-refractivity contribution in [1.82, 2.24) is 25.4 Å². The molecule has 8 nitrogen and oxygen atoms in total. The van der Waals surface area contributed by atoms with E-state index in [0.717, 1.165) is 33.5 Å². The first-order valence-corrected chi connectivity index (χ1v) is 14.3. The van der Waals surface area contributed by atoms with E-state index >= 15 is 0 Å². The smallest absolute Gasteiger partial charge is 0.251 e. The Bertz CT molecular complexity index is 1240. The number of nitrogens with two attached hydrogens (primary N) is 2. The summed E-state index contributed by atoms with van der Waals surface area (Å²) in [5, 5.41) is 12.2. The zero-order valence-electron chi connectivity index (χ0n) is 26.9. The summed E-state index contributed by atoms with van der Waals surface area (Å²) in [6, 6.07) is 6.49. The second kappa shape index (κ2) is 16.6. The number of amides is 1. The van der Waals surface area contributed by atoms with Crippen LogP contribution in [0.1, 0.15) is 88.1 Å². The number of nitrogens with zero attached hydrogens (tertiary/aromatic N) is 3. The quantitative estimate of drug-likeness (QED) is 0.155. The van der Waals surface area contributed by atoms with Crippen LogP contribution in [0.5, 0.6) is 0 Å². The van der Waals surface area contributed by atoms with E-state index in [0.29, 0.717) is 36.9 Å². The Morgan fingerprint density at radius 1 is 1.20 bits per heavy atom. The van der Waals surface area contributed by atoms with Crippen molar-refractivity contribution in [2.45, 2.75) is 80.3 Å². The number of rotatable bonds is 12. The topological polar surface area (TPSA) is 114 Å². The number of benzene rings is 1. The minimum atomic E-state index is -0.111. The molecule has 0 bridgehead atoms. The van der Waals surface area contributed by atoms with E-state index in [2.05, 4.69) is 63.0 Å². The predicted molar refractivity (Wildman–Crippen MR) is 174 cm³/mol. The summed E-state index contributed by atoms with van der Waals surface area (Å²) in [7, 11) is 1.87. The second-order valence-electron chi connectivity index (χ2n) is 11.4. The highest BCUT2D eigenvalue weighted by atomic mass is 16.1. The Morgan fingerprint density at radius 3 is 2.39 bits per heavy atom. The number of hydrogen-bond donors (Lipinski definition) is 4. The van der Waals surface area contributed by atoms with Crippen LogP contribution < -0.4 is 22.2 Å². The van der Waals surface area contributed by atoms with Crippen LogP contribution in [0.25, 0.3) is 5.70 Å². The van der Waals surface area contributed by atoms with E-state index in [1.165, 1.54) is 0 Å². The number of carbonyl (C=O) groups excluding carboxylic acids is 1. The average Bonchev–Trinajstić information content (AvgIpc) is 3.25. The van der Waals surface area contributed by atoms with E-state index in [1.54, 1.807) is 28.2 Å². The first-order chi connectivity index (χ1) is 19.2. The average molecular weight is 564 g/mol. The molecule has 226 valence electrons. The van der Waals surface area contributed by atoms with Crippen molar-refractivity contribution in [3.05, 3.63) is 94.5 Å². The number of nitrogens with one attached hydrogen (secondary N) is 2. The molecular formula is C33H53N7O. The van der Waals surface area contributed by atoms with Crippen LogP contribution in [0.15, 0.2) is 66.5 Å². The summed E-state index contributed by atoms with van der Waals surface area (Å²) in [6.07, 6.45) is 9.09. The zero-order chi connectivity index (χ0) is 31.3. The van der Waals surface area contributed by atoms with Crippen molar-refractivity contribution in [3.8, 4) is 0 Å². The van der Waals surface area contributed by atoms with Crippen LogP contribution in [-0.4, -0.2) is 39.8 Å². The van der Waals surface area contributed by atoms with Crippen molar-refractivity contribution in [3.63, 3.8) is 0 Å². The van der Waals surface area contributed by atoms with Gasteiger partial charge in [0, 0.05) is 49.2 Å². The van der Waals surface area contributed by atoms with Crippen LogP contribution in [0, 0.1) is 6.92 Å². The van der Waals surface area contributed by atoms with Crippen LogP contribution in [0.3, 0.4) is 0 Å². The van der Waals surface area contributed by atoms with Gasteiger partial charge in [0.25, 0.3) is 5.91 Å². The molecule has 0 saturated carbocycles. The summed E-state index contributed by atoms with van der Waals surface area (Å²) < 4.78 is 1.77. The molecule has 0 aliphatic heterocycles. The molecule has 1 amide bonds. The van der Waals surface area contributed by atoms with Gasteiger partial charge < -0.3 is 21.4 Å². The number of aromatic nitrogens is 2. The van der Waals surface area contributed by atoms with Gasteiger partial charge in [0.2, 0.25) is 0 Å². The molecule has 0 aliphatic carbocycles. The molecule has 0 radical (unpaired) electrons. The third-order valence-corrected chi connectivity index (χ3v) is 6.42. The molecule has 0 atom stereocenters. The molecule has 1 aromatic heterocycles. The molecule has 6 N–H and O–H groups in total. The maximum absolute atomic E-state index is 13.1. The highest BCUT2D eigenvalue weighted by molar-refractivity contribution is 5.94. The monoisotopic (exact) mass is 563 g/mol. The maximum atomic E-state index is 13.1. The number of hydrogen-bond acceptors (Lipinski definition) is 6. The van der Waals surface area contributed by atoms with Gasteiger partial charge in [0.1, 0.15) is 0 Å². The Kier molecular flexibility index (Phi) is 14.3. The van der Waals surface area contributed by atoms with Crippen molar-refractivity contribution in [2.24, 2.45) is 18.6 Å². The normalized spacial score (nSPS) is 12.6. The number of aryl methyl sites for hydroxylation is 1. The Morgan fingerprint density at radius 2 is 1.85 bits per heavy atom. The van der Waals surface area contributed by atoms with E-state index in [-0.39, 0.29) is 11.3 Å². The predicted octanol–water partition coefficient (Wildman–Crippen LogP) is 5.47. The molecule has 0 aliphatic rings. The molecule has 0 saturated heterocycles. The third-order valence-electron chi connectivity index (χ3n) is 6.42. The number of carbonyl (C=O) groups is 1. The van der Waals surface area contributed by atoms with Gasteiger partial charge in [-0.2, -0.15) is 5.10 Å². The highest BCUT2D eigenvalue weighted by Crippen LogP contribution is 2.25. The fraction of sp³-hybridized carbons (Fsp3) is 0.455. The van der Waals surface area contributed by atoms with Gasteiger partial charge in [-0.3, -0.25) is 9.48 Å². The molecule has 0 spiro atoms. The lowest BCUT2D eigenvalue weighted by molar-refractivity contribution is 0.0957. The van der Waals surface area contributed by atoms with Gasteiger partial charge in [-0.15, -0.1) is 0 Å². The van der Waals surface area contributed by atoms with E-state index < -0.39 is 0 Å². The van der Waals surface area contributed by atoms with Crippen molar-refractivity contribution < 1.29 is 4.79 Å². The van der Waals surface area contributed by atoms with Crippen molar-refractivity contribution in [1.29, 1.82) is 0 Å². The summed E-state index contributed by atoms with van der Waals surface area (Å²) in [5.74, 6) is 6.06. The van der Waals surface area contributed by atoms with Gasteiger partial charge in [-0.05, 0) is 48.1 Å². The lowest BCUT2D eigenvalue weighted by Gasteiger charge is -2.22. The highest BCUT2D eigenvalue weighted by Gasteiger charge is 2.18. The van der Waals surface area contributed by atoms with Gasteiger partial charge >= 0.3 is 0 Å². The first kappa shape index (κ1) is 35.4. The van der Waals surface area contributed by atoms with E-state index in [9.17, 15) is 4.79 Å². The van der Waals surface area contributed by atoms with Gasteiger partial charge in [0.05, 0.1) is 18.4 Å². The number of hydrazine groups is 1. The molecule has 2 aromatic rings. The minimum Gasteiger partial charge on any atom is -0.397 e. The summed E-state index contributed by atoms with van der Waals surface area (Å²) in [5.41, 5.74) is 13.3. The molecular weight excluding hydrogens is 510 g/mol. The van der Waals surface area contributed by atoms with Crippen LogP contribution in [-0.2, 0) is 19.0 Å². The van der Waals surface area contributed by atoms with Crippen LogP contribution in [0.4, 0.5) is 0 Å². The lowest BCUT2D eigenvalue weighted by atomic mass is 9.85. The third kappa shape index (κ3) is 11.8. The summed E-state index contributed by atoms with van der Waals surface area (Å²) in [6.45, 7) is 24.1. The molecule has 1 heterocycles. The molecule has 0 unspecified atom stereocenters. The fourth-order valence-electron chi connectivity index (χ4n) is 3.83. The maximum Gasteiger partial charge on any atom is 0.251 e. The summed E-state index contributed by atoms with van der Waals surface area (Å²) in [4.78, 5) is 13.1. The fourth-order valence-corrected chi connectivity index (χ4v) is 3.83. The zero-order valence-corrected chi connectivity index (χ0v) is 26.9. The molecule has 41 heavy (non-hydrogen) atoms. The Hall–Kier alpha value is -3.62. The number of allylic oxidation sites excluding steroid dienone is 2. The minimum absolute atomic E-state index is 0.0646. The molecule has 0 fully saturated rings. The second-order valence-corrected chi connectivity index (χ2v) is 11.4. The largest absolute Gasteiger partial charge is 0.397 e. The standard InChI is InChI=1S/C31H47N7O.C2H6/c1-10-24(12-11-22(4)19-38(33)20-29(32)28-18-36-37(9)23(28)5)16-35-30(39)26-13-25(17-34-21(2)3)14-27(15-26)31(6,7)8;1-2/h10-15,18,20-21,34H,1,16-17,19,32-33H2,2-9H3,(H,35,39);1-2H3/b22-11-,24-12+,29-20-;. The van der Waals surface area contributed by atoms with E-state index in [4.69, 9.17) is 11.6 Å². The van der Waals surface area contributed by atoms with Crippen molar-refractivity contribution >= 4 is 11.6 Å². The lowest BCUT2D eigenvalue weighted by Crippen LogP contribution is -2.28. The molecule has 1 aromatic carbocycles. The van der Waals surface area contributed by atoms with Gasteiger partial charge in [-0.1, -0.05) is 84.9 Å².